The van der Waals surface area contributed by atoms with Crippen LogP contribution in [0, 0.1) is 0 Å². The number of rotatable bonds is 25. The lowest BCUT2D eigenvalue weighted by Crippen LogP contribution is -1.83. The Kier molecular flexibility index (Phi) is 38.1. The van der Waals surface area contributed by atoms with Crippen molar-refractivity contribution >= 4 is 0 Å². The first kappa shape index (κ1) is 35.3. The summed E-state index contributed by atoms with van der Waals surface area (Å²) in [5.41, 5.74) is 0. The van der Waals surface area contributed by atoms with Crippen molar-refractivity contribution in [2.75, 3.05) is 13.2 Å². The second-order valence-electron chi connectivity index (χ2n) is 9.57. The van der Waals surface area contributed by atoms with Crippen LogP contribution >= 0.6 is 0 Å². The van der Waals surface area contributed by atoms with E-state index in [0.717, 1.165) is 12.8 Å². The minimum absolute atomic E-state index is 0.187. The molecule has 0 saturated carbocycles. The van der Waals surface area contributed by atoms with Gasteiger partial charge < -0.3 is 10.2 Å². The zero-order valence-electron chi connectivity index (χ0n) is 23.3. The van der Waals surface area contributed by atoms with E-state index < -0.39 is 0 Å². The molecular weight excluding hydrogens is 416 g/mol. The predicted octanol–water partition coefficient (Wildman–Crippen LogP) is 10.2. The van der Waals surface area contributed by atoms with Gasteiger partial charge in [-0.2, -0.15) is 0 Å². The van der Waals surface area contributed by atoms with Crippen LogP contribution in [0.4, 0.5) is 0 Å². The third-order valence-corrected chi connectivity index (χ3v) is 6.07. The summed E-state index contributed by atoms with van der Waals surface area (Å²) in [6, 6.07) is 0. The molecule has 0 aromatic rings. The predicted molar refractivity (Wildman–Crippen MR) is 155 cm³/mol. The Morgan fingerprint density at radius 1 is 0.353 bits per heavy atom. The smallest absolute Gasteiger partial charge is 0.0612 e. The molecule has 0 bridgehead atoms. The Morgan fingerprint density at radius 2 is 0.647 bits per heavy atom. The Hall–Kier alpha value is -0.860. The fourth-order valence-corrected chi connectivity index (χ4v) is 3.80. The minimum atomic E-state index is 0.187. The molecule has 2 heteroatoms. The van der Waals surface area contributed by atoms with Gasteiger partial charge in [-0.05, 0) is 57.8 Å². The average Bonchev–Trinajstić information content (AvgIpc) is 2.85. The summed E-state index contributed by atoms with van der Waals surface area (Å²) in [5, 5.41) is 17.2. The van der Waals surface area contributed by atoms with Gasteiger partial charge in [0.1, 0.15) is 0 Å². The molecule has 0 rings (SSSR count). The van der Waals surface area contributed by atoms with Crippen LogP contribution in [0.1, 0.15) is 155 Å². The van der Waals surface area contributed by atoms with E-state index in [-0.39, 0.29) is 6.61 Å². The molecule has 0 fully saturated rings. The van der Waals surface area contributed by atoms with Crippen molar-refractivity contribution in [1.29, 1.82) is 0 Å². The largest absolute Gasteiger partial charge is 0.396 e. The molecule has 0 unspecified atom stereocenters. The molecule has 0 aliphatic carbocycles. The van der Waals surface area contributed by atoms with E-state index in [1.807, 2.05) is 6.08 Å². The number of hydrogen-bond donors (Lipinski definition) is 2. The number of aliphatic hydroxyl groups excluding tert-OH is 2. The van der Waals surface area contributed by atoms with Crippen molar-refractivity contribution in [1.82, 2.24) is 0 Å². The highest BCUT2D eigenvalue weighted by molar-refractivity contribution is 4.82. The first-order valence-electron chi connectivity index (χ1n) is 15.0. The maximum atomic E-state index is 8.60. The van der Waals surface area contributed by atoms with E-state index in [1.165, 1.54) is 128 Å². The normalized spacial score (nSPS) is 11.6. The number of allylic oxidation sites excluding steroid dienone is 5. The van der Waals surface area contributed by atoms with Crippen molar-refractivity contribution < 1.29 is 10.2 Å². The molecule has 0 amide bonds. The molecule has 0 aromatic carbocycles. The zero-order chi connectivity index (χ0) is 25.2. The lowest BCUT2D eigenvalue weighted by molar-refractivity contribution is 0.282. The van der Waals surface area contributed by atoms with Crippen molar-refractivity contribution in [2.24, 2.45) is 0 Å². The van der Waals surface area contributed by atoms with E-state index in [1.54, 1.807) is 0 Å². The first-order chi connectivity index (χ1) is 16.8. The number of aliphatic hydroxyl groups is 2. The topological polar surface area (TPSA) is 40.5 Å². The Morgan fingerprint density at radius 3 is 0.971 bits per heavy atom. The number of unbranched alkanes of at least 4 members (excludes halogenated alkanes) is 18. The SMILES string of the molecule is CCCC/C=C\CCCCCCCCC/C=C/CO.CCCC/C=C\CCCCCCCCO. The fraction of sp³-hybridized carbons (Fsp3) is 0.812. The van der Waals surface area contributed by atoms with Crippen molar-refractivity contribution in [2.45, 2.75) is 155 Å². The van der Waals surface area contributed by atoms with Gasteiger partial charge in [-0.3, -0.25) is 0 Å². The van der Waals surface area contributed by atoms with E-state index >= 15 is 0 Å². The quantitative estimate of drug-likeness (QED) is 0.101. The van der Waals surface area contributed by atoms with E-state index in [0.29, 0.717) is 6.61 Å². The van der Waals surface area contributed by atoms with Gasteiger partial charge in [-0.15, -0.1) is 0 Å². The fourth-order valence-electron chi connectivity index (χ4n) is 3.80. The van der Waals surface area contributed by atoms with Gasteiger partial charge in [0.25, 0.3) is 0 Å². The maximum Gasteiger partial charge on any atom is 0.0612 e. The van der Waals surface area contributed by atoms with Gasteiger partial charge in [-0.1, -0.05) is 134 Å². The molecule has 0 aromatic heterocycles. The van der Waals surface area contributed by atoms with Crippen molar-refractivity contribution in [3.63, 3.8) is 0 Å². The molecule has 2 N–H and O–H groups in total. The summed E-state index contributed by atoms with van der Waals surface area (Å²) in [4.78, 5) is 0. The van der Waals surface area contributed by atoms with Crippen LogP contribution in [0.25, 0.3) is 0 Å². The molecule has 0 heterocycles. The second-order valence-corrected chi connectivity index (χ2v) is 9.57. The molecule has 34 heavy (non-hydrogen) atoms. The first-order valence-corrected chi connectivity index (χ1v) is 15.0. The summed E-state index contributed by atoms with van der Waals surface area (Å²) in [6.07, 6.45) is 41.8. The minimum Gasteiger partial charge on any atom is -0.396 e. The van der Waals surface area contributed by atoms with E-state index in [2.05, 4.69) is 44.2 Å². The highest BCUT2D eigenvalue weighted by atomic mass is 16.3. The van der Waals surface area contributed by atoms with Crippen molar-refractivity contribution in [3.8, 4) is 0 Å². The molecule has 0 atom stereocenters. The molecular formula is C32H62O2. The standard InChI is InChI=1S/C18H34O.C14H28O/c1-2-3-4-5-6-7-8-9-10-11-12-13-14-15-16-17-18-19;1-2-3-4-5-6-7-8-9-10-11-12-13-14-15/h5-6,16-17,19H,2-4,7-15,18H2,1H3;5-6,15H,2-4,7-14H2,1H3/b6-5-,17-16+;6-5-. The van der Waals surface area contributed by atoms with Gasteiger partial charge in [0.05, 0.1) is 6.61 Å². The highest BCUT2D eigenvalue weighted by Crippen LogP contribution is 2.11. The average molecular weight is 479 g/mol. The number of hydrogen-bond acceptors (Lipinski definition) is 2. The van der Waals surface area contributed by atoms with Crippen LogP contribution < -0.4 is 0 Å². The third-order valence-electron chi connectivity index (χ3n) is 6.07. The summed E-state index contributed by atoms with van der Waals surface area (Å²) < 4.78 is 0. The lowest BCUT2D eigenvalue weighted by Gasteiger charge is -2.00. The summed E-state index contributed by atoms with van der Waals surface area (Å²) >= 11 is 0. The summed E-state index contributed by atoms with van der Waals surface area (Å²) in [5.74, 6) is 0. The van der Waals surface area contributed by atoms with Gasteiger partial charge in [0, 0.05) is 6.61 Å². The molecule has 0 radical (unpaired) electrons. The van der Waals surface area contributed by atoms with Gasteiger partial charge >= 0.3 is 0 Å². The van der Waals surface area contributed by atoms with Crippen LogP contribution in [0.3, 0.4) is 0 Å². The van der Waals surface area contributed by atoms with Crippen LogP contribution in [0.15, 0.2) is 36.5 Å². The van der Waals surface area contributed by atoms with Gasteiger partial charge in [0.2, 0.25) is 0 Å². The molecule has 0 aliphatic heterocycles. The van der Waals surface area contributed by atoms with E-state index in [4.69, 9.17) is 10.2 Å². The van der Waals surface area contributed by atoms with Crippen LogP contribution in [0.2, 0.25) is 0 Å². The Balaban J connectivity index is 0. The lowest BCUT2D eigenvalue weighted by atomic mass is 10.1. The van der Waals surface area contributed by atoms with E-state index in [9.17, 15) is 0 Å². The Labute approximate surface area is 215 Å². The van der Waals surface area contributed by atoms with Gasteiger partial charge in [-0.25, -0.2) is 0 Å². The summed E-state index contributed by atoms with van der Waals surface area (Å²) in [6.45, 7) is 5.03. The highest BCUT2D eigenvalue weighted by Gasteiger charge is 1.91. The zero-order valence-corrected chi connectivity index (χ0v) is 23.3. The molecule has 0 aliphatic rings. The van der Waals surface area contributed by atoms with Crippen molar-refractivity contribution in [3.05, 3.63) is 36.5 Å². The van der Waals surface area contributed by atoms with Crippen LogP contribution in [-0.4, -0.2) is 23.4 Å². The van der Waals surface area contributed by atoms with Crippen LogP contribution in [0.5, 0.6) is 0 Å². The second kappa shape index (κ2) is 36.7. The molecule has 0 spiro atoms. The Bertz CT molecular complexity index is 411. The molecule has 0 saturated heterocycles. The molecule has 202 valence electrons. The van der Waals surface area contributed by atoms with Crippen LogP contribution in [-0.2, 0) is 0 Å². The van der Waals surface area contributed by atoms with Gasteiger partial charge in [0.15, 0.2) is 0 Å². The molecule has 2 nitrogen and oxygen atoms in total. The monoisotopic (exact) mass is 478 g/mol. The maximum absolute atomic E-state index is 8.60. The summed E-state index contributed by atoms with van der Waals surface area (Å²) in [7, 11) is 0. The third kappa shape index (κ3) is 38.4.